The van der Waals surface area contributed by atoms with Crippen LogP contribution in [0.3, 0.4) is 0 Å². The first-order valence-corrected chi connectivity index (χ1v) is 7.83. The molecule has 0 saturated heterocycles. The molecule has 1 aliphatic heterocycles. The highest BCUT2D eigenvalue weighted by molar-refractivity contribution is 8.13. The molecule has 4 nitrogen and oxygen atoms in total. The number of H-pyrrole nitrogens is 1. The minimum absolute atomic E-state index is 0.437. The normalized spacial score (nSPS) is 17.8. The van der Waals surface area contributed by atoms with Gasteiger partial charge in [-0.1, -0.05) is 42.1 Å². The van der Waals surface area contributed by atoms with E-state index in [-0.39, 0.29) is 0 Å². The second-order valence-electron chi connectivity index (χ2n) is 4.85. The third kappa shape index (κ3) is 3.63. The molecule has 0 amide bonds. The predicted molar refractivity (Wildman–Crippen MR) is 84.1 cm³/mol. The van der Waals surface area contributed by atoms with Crippen molar-refractivity contribution in [2.45, 2.75) is 18.9 Å². The van der Waals surface area contributed by atoms with Gasteiger partial charge in [-0.3, -0.25) is 4.99 Å². The summed E-state index contributed by atoms with van der Waals surface area (Å²) < 4.78 is 0. The zero-order valence-electron chi connectivity index (χ0n) is 11.2. The first kappa shape index (κ1) is 13.2. The molecule has 2 N–H and O–H groups in total. The lowest BCUT2D eigenvalue weighted by molar-refractivity contribution is 0.656. The average Bonchev–Trinajstić information content (AvgIpc) is 3.12. The van der Waals surface area contributed by atoms with Crippen LogP contribution < -0.4 is 5.32 Å². The molecule has 1 unspecified atom stereocenters. The molecule has 3 rings (SSSR count). The predicted octanol–water partition coefficient (Wildman–Crippen LogP) is 2.26. The maximum Gasteiger partial charge on any atom is 0.156 e. The molecule has 1 atom stereocenters. The summed E-state index contributed by atoms with van der Waals surface area (Å²) in [4.78, 5) is 11.7. The van der Waals surface area contributed by atoms with Crippen molar-refractivity contribution in [3.63, 3.8) is 0 Å². The van der Waals surface area contributed by atoms with E-state index in [4.69, 9.17) is 0 Å². The van der Waals surface area contributed by atoms with Crippen LogP contribution in [-0.4, -0.2) is 33.5 Å². The smallest absolute Gasteiger partial charge is 0.156 e. The fourth-order valence-corrected chi connectivity index (χ4v) is 3.17. The topological polar surface area (TPSA) is 53.1 Å². The first-order valence-electron chi connectivity index (χ1n) is 6.85. The van der Waals surface area contributed by atoms with E-state index < -0.39 is 0 Å². The maximum atomic E-state index is 4.57. The van der Waals surface area contributed by atoms with E-state index in [9.17, 15) is 0 Å². The summed E-state index contributed by atoms with van der Waals surface area (Å²) in [6.45, 7) is 0.876. The zero-order chi connectivity index (χ0) is 13.6. The largest absolute Gasteiger partial charge is 0.360 e. The Morgan fingerprint density at radius 1 is 1.25 bits per heavy atom. The molecule has 0 saturated carbocycles. The summed E-state index contributed by atoms with van der Waals surface area (Å²) in [5.41, 5.74) is 2.54. The van der Waals surface area contributed by atoms with E-state index in [1.807, 2.05) is 6.20 Å². The van der Waals surface area contributed by atoms with Crippen LogP contribution in [0.4, 0.5) is 0 Å². The quantitative estimate of drug-likeness (QED) is 0.886. The van der Waals surface area contributed by atoms with Crippen molar-refractivity contribution in [2.24, 2.45) is 4.99 Å². The molecule has 1 aliphatic rings. The number of aliphatic imine (C=N–C) groups is 1. The summed E-state index contributed by atoms with van der Waals surface area (Å²) in [5, 5.41) is 4.58. The van der Waals surface area contributed by atoms with E-state index in [1.54, 1.807) is 18.1 Å². The van der Waals surface area contributed by atoms with Gasteiger partial charge in [-0.05, 0) is 18.4 Å². The van der Waals surface area contributed by atoms with Gasteiger partial charge in [-0.15, -0.1) is 0 Å². The summed E-state index contributed by atoms with van der Waals surface area (Å²) >= 11 is 1.79. The molecule has 1 aromatic heterocycles. The number of amidine groups is 1. The van der Waals surface area contributed by atoms with Gasteiger partial charge in [-0.2, -0.15) is 0 Å². The lowest BCUT2D eigenvalue weighted by Gasteiger charge is -2.11. The van der Waals surface area contributed by atoms with E-state index in [0.717, 1.165) is 30.3 Å². The van der Waals surface area contributed by atoms with E-state index in [1.165, 1.54) is 11.3 Å². The van der Waals surface area contributed by atoms with Gasteiger partial charge in [0.1, 0.15) is 0 Å². The van der Waals surface area contributed by atoms with Crippen LogP contribution in [-0.2, 0) is 12.8 Å². The van der Waals surface area contributed by atoms with Gasteiger partial charge < -0.3 is 10.3 Å². The number of hydrogen-bond donors (Lipinski definition) is 2. The molecule has 1 aromatic carbocycles. The minimum atomic E-state index is 0.437. The second kappa shape index (κ2) is 6.61. The van der Waals surface area contributed by atoms with Gasteiger partial charge in [0.05, 0.1) is 18.9 Å². The highest BCUT2D eigenvalue weighted by Crippen LogP contribution is 2.13. The van der Waals surface area contributed by atoms with Crippen molar-refractivity contribution in [3.05, 3.63) is 54.1 Å². The van der Waals surface area contributed by atoms with Crippen LogP contribution in [0.15, 0.2) is 47.8 Å². The van der Waals surface area contributed by atoms with Crippen LogP contribution >= 0.6 is 11.8 Å². The Labute approximate surface area is 123 Å². The molecule has 0 radical (unpaired) electrons. The lowest BCUT2D eigenvalue weighted by atomic mass is 10.1. The van der Waals surface area contributed by atoms with Crippen LogP contribution in [0.25, 0.3) is 0 Å². The number of rotatable bonds is 5. The number of nitrogens with one attached hydrogen (secondary N) is 2. The minimum Gasteiger partial charge on any atom is -0.360 e. The highest BCUT2D eigenvalue weighted by Gasteiger charge is 2.17. The molecular formula is C15H18N4S. The van der Waals surface area contributed by atoms with Crippen LogP contribution in [0.1, 0.15) is 11.3 Å². The molecule has 0 aliphatic carbocycles. The molecule has 104 valence electrons. The van der Waals surface area contributed by atoms with E-state index in [2.05, 4.69) is 50.6 Å². The number of imidazole rings is 1. The van der Waals surface area contributed by atoms with Crippen LogP contribution in [0.2, 0.25) is 0 Å². The number of aryl methyl sites for hydroxylation is 1. The molecule has 0 fully saturated rings. The van der Waals surface area contributed by atoms with Crippen molar-refractivity contribution in [3.8, 4) is 0 Å². The fourth-order valence-electron chi connectivity index (χ4n) is 2.24. The molecule has 20 heavy (non-hydrogen) atoms. The molecule has 0 spiro atoms. The van der Waals surface area contributed by atoms with Crippen molar-refractivity contribution >= 4 is 16.9 Å². The fraction of sp³-hybridized carbons (Fsp3) is 0.333. The summed E-state index contributed by atoms with van der Waals surface area (Å²) in [6.07, 6.45) is 5.63. The zero-order valence-corrected chi connectivity index (χ0v) is 12.1. The summed E-state index contributed by atoms with van der Waals surface area (Å²) in [6, 6.07) is 11.0. The van der Waals surface area contributed by atoms with Crippen LogP contribution in [0.5, 0.6) is 0 Å². The van der Waals surface area contributed by atoms with Gasteiger partial charge in [0, 0.05) is 17.6 Å². The van der Waals surface area contributed by atoms with Gasteiger partial charge in [0.25, 0.3) is 0 Å². The molecule has 5 heteroatoms. The molecular weight excluding hydrogens is 268 g/mol. The number of aromatic amines is 1. The third-order valence-corrected chi connectivity index (χ3v) is 4.20. The van der Waals surface area contributed by atoms with Crippen molar-refractivity contribution in [1.29, 1.82) is 0 Å². The third-order valence-electron chi connectivity index (χ3n) is 3.27. The van der Waals surface area contributed by atoms with Crippen molar-refractivity contribution in [2.75, 3.05) is 12.3 Å². The van der Waals surface area contributed by atoms with Gasteiger partial charge in [0.2, 0.25) is 0 Å². The van der Waals surface area contributed by atoms with Gasteiger partial charge >= 0.3 is 0 Å². The Kier molecular flexibility index (Phi) is 4.38. The molecule has 0 bridgehead atoms. The number of aromatic nitrogens is 2. The maximum absolute atomic E-state index is 4.57. The number of nitrogens with zero attached hydrogens (tertiary/aromatic N) is 2. The molecule has 2 aromatic rings. The van der Waals surface area contributed by atoms with Crippen LogP contribution in [0, 0.1) is 0 Å². The molecule has 2 heterocycles. The highest BCUT2D eigenvalue weighted by atomic mass is 32.2. The van der Waals surface area contributed by atoms with Gasteiger partial charge in [0.15, 0.2) is 5.17 Å². The van der Waals surface area contributed by atoms with Crippen molar-refractivity contribution in [1.82, 2.24) is 15.3 Å². The lowest BCUT2D eigenvalue weighted by Crippen LogP contribution is -2.30. The van der Waals surface area contributed by atoms with E-state index in [0.29, 0.717) is 6.04 Å². The average molecular weight is 286 g/mol. The Hall–Kier alpha value is -1.75. The van der Waals surface area contributed by atoms with E-state index >= 15 is 0 Å². The van der Waals surface area contributed by atoms with Gasteiger partial charge in [-0.25, -0.2) is 4.98 Å². The first-order chi connectivity index (χ1) is 9.90. The van der Waals surface area contributed by atoms with Crippen molar-refractivity contribution < 1.29 is 0 Å². The number of hydrogen-bond acceptors (Lipinski definition) is 4. The Morgan fingerprint density at radius 3 is 2.95 bits per heavy atom. The number of benzene rings is 1. The Balaban J connectivity index is 1.40. The monoisotopic (exact) mass is 286 g/mol. The standard InChI is InChI=1S/C15H18N4S/c1-2-4-12(5-3-1)8-14-10-17-15(19-14)20-7-6-13-9-16-11-18-13/h1-5,9,11,14H,6-8,10H2,(H,16,18)(H,17,19). The second-order valence-corrected chi connectivity index (χ2v) is 5.94. The summed E-state index contributed by atoms with van der Waals surface area (Å²) in [7, 11) is 0. The Bertz CT molecular complexity index is 551. The number of thioether (sulfide) groups is 1. The summed E-state index contributed by atoms with van der Waals surface area (Å²) in [5.74, 6) is 1.02. The SMILES string of the molecule is c1ccc(CC2CN=C(SCCc3cnc[nH]3)N2)cc1. The Morgan fingerprint density at radius 2 is 2.15 bits per heavy atom.